The molecule has 29 heavy (non-hydrogen) atoms. The molecule has 0 bridgehead atoms. The van der Waals surface area contributed by atoms with Gasteiger partial charge in [0, 0.05) is 55.4 Å². The quantitative estimate of drug-likeness (QED) is 0.673. The van der Waals surface area contributed by atoms with Crippen molar-refractivity contribution in [3.63, 3.8) is 0 Å². The second kappa shape index (κ2) is 8.68. The lowest BCUT2D eigenvalue weighted by atomic mass is 10.1. The van der Waals surface area contributed by atoms with E-state index in [1.54, 1.807) is 6.07 Å². The topological polar surface area (TPSA) is 68.8 Å². The number of anilines is 1. The first-order valence-corrected chi connectivity index (χ1v) is 10.1. The van der Waals surface area contributed by atoms with Crippen LogP contribution < -0.4 is 15.2 Å². The number of nitrogens with zero attached hydrogens (tertiary/aromatic N) is 2. The number of aromatic nitrogens is 1. The fourth-order valence-electron chi connectivity index (χ4n) is 3.86. The summed E-state index contributed by atoms with van der Waals surface area (Å²) in [6.07, 6.45) is -0.550. The highest BCUT2D eigenvalue weighted by Crippen LogP contribution is 2.21. The summed E-state index contributed by atoms with van der Waals surface area (Å²) in [4.78, 5) is 19.0. The number of aryl methyl sites for hydroxylation is 1. The van der Waals surface area contributed by atoms with Crippen molar-refractivity contribution in [2.75, 3.05) is 44.2 Å². The number of para-hydroxylation sites is 1. The van der Waals surface area contributed by atoms with Crippen molar-refractivity contribution >= 4 is 16.6 Å². The molecule has 0 aliphatic carbocycles. The number of hydrogen-bond acceptors (Lipinski definition) is 5. The summed E-state index contributed by atoms with van der Waals surface area (Å²) >= 11 is 0. The van der Waals surface area contributed by atoms with Crippen LogP contribution in [0.2, 0.25) is 0 Å². The number of ether oxygens (including phenoxy) is 1. The number of hydrogen-bond donors (Lipinski definition) is 2. The second-order valence-electron chi connectivity index (χ2n) is 7.61. The highest BCUT2D eigenvalue weighted by Gasteiger charge is 2.19. The Labute approximate surface area is 170 Å². The van der Waals surface area contributed by atoms with Crippen LogP contribution >= 0.6 is 0 Å². The summed E-state index contributed by atoms with van der Waals surface area (Å²) in [7, 11) is 0. The molecule has 3 aromatic rings. The lowest BCUT2D eigenvalue weighted by molar-refractivity contribution is 0.0663. The van der Waals surface area contributed by atoms with Gasteiger partial charge >= 0.3 is 0 Å². The van der Waals surface area contributed by atoms with E-state index in [9.17, 15) is 9.90 Å². The Morgan fingerprint density at radius 3 is 2.59 bits per heavy atom. The second-order valence-corrected chi connectivity index (χ2v) is 7.61. The van der Waals surface area contributed by atoms with Gasteiger partial charge in [0.05, 0.1) is 0 Å². The van der Waals surface area contributed by atoms with Crippen LogP contribution in [0.4, 0.5) is 5.69 Å². The maximum atomic E-state index is 11.6. The molecule has 1 aromatic heterocycles. The van der Waals surface area contributed by atoms with Gasteiger partial charge in [0.15, 0.2) is 0 Å². The molecule has 2 heterocycles. The fraction of sp³-hybridized carbons (Fsp3) is 0.348. The van der Waals surface area contributed by atoms with Gasteiger partial charge in [0.25, 0.3) is 0 Å². The summed E-state index contributed by atoms with van der Waals surface area (Å²) < 4.78 is 5.81. The SMILES string of the molecule is Cc1cc(=O)[nH]c2ccc(OCC(O)CN3CCN(c4ccccc4)CC3)cc12. The first kappa shape index (κ1) is 19.5. The van der Waals surface area contributed by atoms with Crippen molar-refractivity contribution in [3.05, 3.63) is 70.5 Å². The number of pyridine rings is 1. The molecule has 6 heteroatoms. The molecule has 4 rings (SSSR count). The highest BCUT2D eigenvalue weighted by atomic mass is 16.5. The first-order valence-electron chi connectivity index (χ1n) is 10.1. The zero-order valence-corrected chi connectivity index (χ0v) is 16.7. The number of H-pyrrole nitrogens is 1. The van der Waals surface area contributed by atoms with E-state index in [4.69, 9.17) is 4.74 Å². The molecule has 1 saturated heterocycles. The predicted octanol–water partition coefficient (Wildman–Crippen LogP) is 2.40. The molecular weight excluding hydrogens is 366 g/mol. The van der Waals surface area contributed by atoms with Crippen molar-refractivity contribution in [1.82, 2.24) is 9.88 Å². The molecule has 2 aromatic carbocycles. The van der Waals surface area contributed by atoms with Gasteiger partial charge in [0.1, 0.15) is 18.5 Å². The van der Waals surface area contributed by atoms with Crippen molar-refractivity contribution in [2.45, 2.75) is 13.0 Å². The summed E-state index contributed by atoms with van der Waals surface area (Å²) in [5.41, 5.74) is 2.85. The molecular formula is C23H27N3O3. The van der Waals surface area contributed by atoms with Crippen LogP contribution in [0, 0.1) is 6.92 Å². The molecule has 0 spiro atoms. The normalized spacial score (nSPS) is 16.1. The summed E-state index contributed by atoms with van der Waals surface area (Å²) in [6.45, 7) is 6.52. The predicted molar refractivity (Wildman–Crippen MR) is 116 cm³/mol. The van der Waals surface area contributed by atoms with E-state index in [-0.39, 0.29) is 12.2 Å². The minimum atomic E-state index is -0.550. The third kappa shape index (κ3) is 4.78. The largest absolute Gasteiger partial charge is 0.491 e. The van der Waals surface area contributed by atoms with Gasteiger partial charge in [-0.15, -0.1) is 0 Å². The van der Waals surface area contributed by atoms with E-state index in [0.717, 1.165) is 42.6 Å². The fourth-order valence-corrected chi connectivity index (χ4v) is 3.86. The van der Waals surface area contributed by atoms with Crippen molar-refractivity contribution < 1.29 is 9.84 Å². The average Bonchev–Trinajstić information content (AvgIpc) is 2.73. The zero-order valence-electron chi connectivity index (χ0n) is 16.7. The smallest absolute Gasteiger partial charge is 0.248 e. The van der Waals surface area contributed by atoms with Crippen LogP contribution in [0.1, 0.15) is 5.56 Å². The van der Waals surface area contributed by atoms with Gasteiger partial charge in [-0.05, 0) is 42.8 Å². The molecule has 152 valence electrons. The summed E-state index contributed by atoms with van der Waals surface area (Å²) in [5, 5.41) is 11.4. The minimum absolute atomic E-state index is 0.105. The van der Waals surface area contributed by atoms with Crippen LogP contribution in [-0.4, -0.2) is 60.4 Å². The molecule has 2 N–H and O–H groups in total. The van der Waals surface area contributed by atoms with E-state index in [1.165, 1.54) is 5.69 Å². The molecule has 1 aliphatic heterocycles. The number of β-amino-alcohol motifs (C(OH)–C–C–N with tert-alkyl or cyclic N) is 1. The van der Waals surface area contributed by atoms with Crippen LogP contribution in [0.5, 0.6) is 5.75 Å². The van der Waals surface area contributed by atoms with E-state index in [1.807, 2.05) is 31.2 Å². The van der Waals surface area contributed by atoms with E-state index in [2.05, 4.69) is 39.0 Å². The third-order valence-corrected chi connectivity index (χ3v) is 5.43. The molecule has 1 aliphatic rings. The summed E-state index contributed by atoms with van der Waals surface area (Å²) in [5.74, 6) is 0.695. The lowest BCUT2D eigenvalue weighted by Gasteiger charge is -2.36. The van der Waals surface area contributed by atoms with Gasteiger partial charge in [-0.2, -0.15) is 0 Å². The van der Waals surface area contributed by atoms with Gasteiger partial charge < -0.3 is 19.7 Å². The number of aliphatic hydroxyl groups is 1. The van der Waals surface area contributed by atoms with Crippen LogP contribution in [-0.2, 0) is 0 Å². The van der Waals surface area contributed by atoms with Crippen LogP contribution in [0.25, 0.3) is 10.9 Å². The molecule has 1 unspecified atom stereocenters. The Morgan fingerprint density at radius 1 is 1.07 bits per heavy atom. The molecule has 0 amide bonds. The third-order valence-electron chi connectivity index (χ3n) is 5.43. The minimum Gasteiger partial charge on any atom is -0.491 e. The Hall–Kier alpha value is -2.83. The standard InChI is InChI=1S/C23H27N3O3/c1-17-13-23(28)24-22-8-7-20(14-21(17)22)29-16-19(27)15-25-9-11-26(12-10-25)18-5-3-2-4-6-18/h2-8,13-14,19,27H,9-12,15-16H2,1H3,(H,24,28). The Balaban J connectivity index is 1.28. The molecule has 0 radical (unpaired) electrons. The highest BCUT2D eigenvalue weighted by molar-refractivity contribution is 5.83. The number of piperazine rings is 1. The molecule has 1 atom stereocenters. The Bertz CT molecular complexity index is 1010. The van der Waals surface area contributed by atoms with Crippen molar-refractivity contribution in [1.29, 1.82) is 0 Å². The number of rotatable bonds is 6. The first-order chi connectivity index (χ1) is 14.1. The average molecular weight is 393 g/mol. The number of aliphatic hydroxyl groups excluding tert-OH is 1. The van der Waals surface area contributed by atoms with Crippen LogP contribution in [0.3, 0.4) is 0 Å². The Morgan fingerprint density at radius 2 is 1.83 bits per heavy atom. The lowest BCUT2D eigenvalue weighted by Crippen LogP contribution is -2.49. The van der Waals surface area contributed by atoms with Crippen LogP contribution in [0.15, 0.2) is 59.4 Å². The van der Waals surface area contributed by atoms with E-state index in [0.29, 0.717) is 12.3 Å². The number of aromatic amines is 1. The number of benzene rings is 2. The Kier molecular flexibility index (Phi) is 5.83. The molecule has 1 fully saturated rings. The monoisotopic (exact) mass is 393 g/mol. The van der Waals surface area contributed by atoms with Gasteiger partial charge in [-0.3, -0.25) is 9.69 Å². The number of nitrogens with one attached hydrogen (secondary N) is 1. The van der Waals surface area contributed by atoms with Gasteiger partial charge in [-0.1, -0.05) is 18.2 Å². The molecule has 6 nitrogen and oxygen atoms in total. The number of fused-ring (bicyclic) bond motifs is 1. The summed E-state index contributed by atoms with van der Waals surface area (Å²) in [6, 6.07) is 17.6. The van der Waals surface area contributed by atoms with Gasteiger partial charge in [-0.25, -0.2) is 0 Å². The molecule has 0 saturated carbocycles. The maximum Gasteiger partial charge on any atom is 0.248 e. The van der Waals surface area contributed by atoms with Crippen molar-refractivity contribution in [2.24, 2.45) is 0 Å². The zero-order chi connectivity index (χ0) is 20.2. The van der Waals surface area contributed by atoms with E-state index >= 15 is 0 Å². The maximum absolute atomic E-state index is 11.6. The van der Waals surface area contributed by atoms with E-state index < -0.39 is 6.10 Å². The van der Waals surface area contributed by atoms with Crippen molar-refractivity contribution in [3.8, 4) is 5.75 Å². The van der Waals surface area contributed by atoms with Gasteiger partial charge in [0.2, 0.25) is 5.56 Å².